The molecule has 9 heteroatoms. The van der Waals surface area contributed by atoms with E-state index in [1.807, 2.05) is 26.0 Å². The number of benzene rings is 2. The van der Waals surface area contributed by atoms with Gasteiger partial charge in [-0.3, -0.25) is 0 Å². The molecule has 0 saturated heterocycles. The average molecular weight is 464 g/mol. The molecule has 0 aliphatic carbocycles. The van der Waals surface area contributed by atoms with Crippen LogP contribution in [0.2, 0.25) is 10.0 Å². The molecule has 0 spiro atoms. The molecule has 5 nitrogen and oxygen atoms in total. The molecule has 0 saturated carbocycles. The smallest absolute Gasteiger partial charge is 0.240 e. The number of halogens is 2. The Morgan fingerprint density at radius 3 is 2.36 bits per heavy atom. The number of nitrogens with one attached hydrogen (secondary N) is 1. The highest BCUT2D eigenvalue weighted by atomic mass is 35.5. The molecular formula is C19H23Cl2NO4S2. The Bertz CT molecular complexity index is 891. The first-order valence-corrected chi connectivity index (χ1v) is 12.2. The fourth-order valence-corrected chi connectivity index (χ4v) is 4.65. The van der Waals surface area contributed by atoms with E-state index in [0.29, 0.717) is 47.1 Å². The molecule has 0 aromatic heterocycles. The molecule has 0 atom stereocenters. The molecule has 0 amide bonds. The first-order valence-electron chi connectivity index (χ1n) is 8.78. The Balaban J connectivity index is 1.90. The van der Waals surface area contributed by atoms with Crippen LogP contribution in [0.25, 0.3) is 0 Å². The molecule has 2 aromatic carbocycles. The highest BCUT2D eigenvalue weighted by Gasteiger charge is 2.17. The topological polar surface area (TPSA) is 64.6 Å². The van der Waals surface area contributed by atoms with Crippen LogP contribution in [-0.4, -0.2) is 33.9 Å². The molecule has 2 rings (SSSR count). The van der Waals surface area contributed by atoms with Gasteiger partial charge in [0, 0.05) is 24.1 Å². The molecule has 0 bridgehead atoms. The highest BCUT2D eigenvalue weighted by molar-refractivity contribution is 7.98. The molecule has 0 aliphatic heterocycles. The van der Waals surface area contributed by atoms with Crippen LogP contribution in [0, 0.1) is 0 Å². The molecule has 154 valence electrons. The van der Waals surface area contributed by atoms with Gasteiger partial charge in [-0.05, 0) is 43.7 Å². The lowest BCUT2D eigenvalue weighted by atomic mass is 10.2. The summed E-state index contributed by atoms with van der Waals surface area (Å²) in [5.74, 6) is 2.28. The molecule has 2 aromatic rings. The minimum atomic E-state index is -3.63. The van der Waals surface area contributed by atoms with E-state index in [1.165, 1.54) is 12.1 Å². The summed E-state index contributed by atoms with van der Waals surface area (Å²) in [6.07, 6.45) is 0. The molecule has 0 aliphatic rings. The molecular weight excluding hydrogens is 441 g/mol. The van der Waals surface area contributed by atoms with Crippen molar-refractivity contribution in [3.8, 4) is 11.5 Å². The summed E-state index contributed by atoms with van der Waals surface area (Å²) in [5.41, 5.74) is 1.04. The van der Waals surface area contributed by atoms with E-state index < -0.39 is 10.0 Å². The largest absolute Gasteiger partial charge is 0.490 e. The van der Waals surface area contributed by atoms with Gasteiger partial charge in [0.1, 0.15) is 0 Å². The maximum absolute atomic E-state index is 12.5. The molecule has 1 N–H and O–H groups in total. The summed E-state index contributed by atoms with van der Waals surface area (Å²) >= 11 is 13.5. The van der Waals surface area contributed by atoms with Crippen LogP contribution in [0.3, 0.4) is 0 Å². The van der Waals surface area contributed by atoms with E-state index in [0.717, 1.165) is 11.3 Å². The van der Waals surface area contributed by atoms with Crippen LogP contribution in [0.1, 0.15) is 19.4 Å². The SMILES string of the molecule is CCOc1ccc(S(=O)(=O)NCCSCc2ccc(Cl)c(Cl)c2)cc1OCC. The highest BCUT2D eigenvalue weighted by Crippen LogP contribution is 2.30. The molecule has 0 heterocycles. The summed E-state index contributed by atoms with van der Waals surface area (Å²) in [6.45, 7) is 4.90. The molecule has 0 radical (unpaired) electrons. The standard InChI is InChI=1S/C19H23Cl2NO4S2/c1-3-25-18-8-6-15(12-19(18)26-4-2)28(23,24)22-9-10-27-13-14-5-7-16(20)17(21)11-14/h5-8,11-12,22H,3-4,9-10,13H2,1-2H3. The predicted octanol–water partition coefficient (Wildman–Crippen LogP) is 5.00. The fraction of sp³-hybridized carbons (Fsp3) is 0.368. The van der Waals surface area contributed by atoms with Gasteiger partial charge in [0.2, 0.25) is 10.0 Å². The molecule has 0 unspecified atom stereocenters. The minimum Gasteiger partial charge on any atom is -0.490 e. The summed E-state index contributed by atoms with van der Waals surface area (Å²) in [7, 11) is -3.63. The van der Waals surface area contributed by atoms with Crippen molar-refractivity contribution in [3.05, 3.63) is 52.0 Å². The zero-order valence-electron chi connectivity index (χ0n) is 15.7. The van der Waals surface area contributed by atoms with Crippen molar-refractivity contribution in [1.82, 2.24) is 4.72 Å². The van der Waals surface area contributed by atoms with Crippen LogP contribution in [0.4, 0.5) is 0 Å². The molecule has 0 fully saturated rings. The zero-order valence-corrected chi connectivity index (χ0v) is 18.8. The Morgan fingerprint density at radius 2 is 1.68 bits per heavy atom. The van der Waals surface area contributed by atoms with Crippen molar-refractivity contribution in [2.24, 2.45) is 0 Å². The van der Waals surface area contributed by atoms with Gasteiger partial charge in [-0.25, -0.2) is 13.1 Å². The number of sulfonamides is 1. The number of rotatable bonds is 11. The minimum absolute atomic E-state index is 0.147. The Hall–Kier alpha value is -1.12. The van der Waals surface area contributed by atoms with E-state index in [1.54, 1.807) is 23.9 Å². The second kappa shape index (κ2) is 11.2. The van der Waals surface area contributed by atoms with Gasteiger partial charge < -0.3 is 9.47 Å². The van der Waals surface area contributed by atoms with E-state index in [2.05, 4.69) is 4.72 Å². The van der Waals surface area contributed by atoms with E-state index >= 15 is 0 Å². The van der Waals surface area contributed by atoms with Crippen LogP contribution in [0.5, 0.6) is 11.5 Å². The normalized spacial score (nSPS) is 11.4. The summed E-state index contributed by atoms with van der Waals surface area (Å²) in [5, 5.41) is 1.03. The first kappa shape index (κ1) is 23.2. The monoisotopic (exact) mass is 463 g/mol. The lowest BCUT2D eigenvalue weighted by molar-refractivity contribution is 0.287. The summed E-state index contributed by atoms with van der Waals surface area (Å²) < 4.78 is 38.6. The van der Waals surface area contributed by atoms with Crippen molar-refractivity contribution in [2.75, 3.05) is 25.5 Å². The van der Waals surface area contributed by atoms with Crippen molar-refractivity contribution in [3.63, 3.8) is 0 Å². The van der Waals surface area contributed by atoms with Crippen molar-refractivity contribution in [1.29, 1.82) is 0 Å². The number of ether oxygens (including phenoxy) is 2. The summed E-state index contributed by atoms with van der Waals surface area (Å²) in [4.78, 5) is 0.147. The lowest BCUT2D eigenvalue weighted by Gasteiger charge is -2.13. The van der Waals surface area contributed by atoms with Gasteiger partial charge in [0.05, 0.1) is 28.2 Å². The number of hydrogen-bond donors (Lipinski definition) is 1. The van der Waals surface area contributed by atoms with Gasteiger partial charge in [0.15, 0.2) is 11.5 Å². The van der Waals surface area contributed by atoms with Crippen LogP contribution < -0.4 is 14.2 Å². The van der Waals surface area contributed by atoms with Gasteiger partial charge in [-0.1, -0.05) is 29.3 Å². The maximum Gasteiger partial charge on any atom is 0.240 e. The number of thioether (sulfide) groups is 1. The number of hydrogen-bond acceptors (Lipinski definition) is 5. The zero-order chi connectivity index (χ0) is 20.6. The quantitative estimate of drug-likeness (QED) is 0.474. The third-order valence-corrected chi connectivity index (χ3v) is 6.84. The van der Waals surface area contributed by atoms with Gasteiger partial charge in [-0.2, -0.15) is 11.8 Å². The van der Waals surface area contributed by atoms with E-state index in [9.17, 15) is 8.42 Å². The van der Waals surface area contributed by atoms with Crippen molar-refractivity contribution in [2.45, 2.75) is 24.5 Å². The van der Waals surface area contributed by atoms with Gasteiger partial charge in [0.25, 0.3) is 0 Å². The lowest BCUT2D eigenvalue weighted by Crippen LogP contribution is -2.26. The van der Waals surface area contributed by atoms with Crippen molar-refractivity contribution < 1.29 is 17.9 Å². The van der Waals surface area contributed by atoms with Gasteiger partial charge >= 0.3 is 0 Å². The third-order valence-electron chi connectivity index (χ3n) is 3.62. The van der Waals surface area contributed by atoms with E-state index in [-0.39, 0.29) is 4.90 Å². The van der Waals surface area contributed by atoms with Crippen LogP contribution in [-0.2, 0) is 15.8 Å². The predicted molar refractivity (Wildman–Crippen MR) is 117 cm³/mol. The van der Waals surface area contributed by atoms with Crippen molar-refractivity contribution >= 4 is 45.0 Å². The second-order valence-electron chi connectivity index (χ2n) is 5.67. The Kier molecular flexibility index (Phi) is 9.24. The Morgan fingerprint density at radius 1 is 0.964 bits per heavy atom. The van der Waals surface area contributed by atoms with Gasteiger partial charge in [-0.15, -0.1) is 0 Å². The summed E-state index contributed by atoms with van der Waals surface area (Å²) in [6, 6.07) is 10.1. The fourth-order valence-electron chi connectivity index (χ4n) is 2.35. The van der Waals surface area contributed by atoms with E-state index in [4.69, 9.17) is 32.7 Å². The molecule has 28 heavy (non-hydrogen) atoms. The van der Waals surface area contributed by atoms with Crippen LogP contribution >= 0.6 is 35.0 Å². The third kappa shape index (κ3) is 6.74. The van der Waals surface area contributed by atoms with Crippen LogP contribution in [0.15, 0.2) is 41.3 Å². The Labute approximate surface area is 180 Å². The average Bonchev–Trinajstić information content (AvgIpc) is 2.66. The maximum atomic E-state index is 12.5. The first-order chi connectivity index (χ1) is 13.4. The second-order valence-corrected chi connectivity index (χ2v) is 9.36.